The minimum absolute atomic E-state index is 0.135. The summed E-state index contributed by atoms with van der Waals surface area (Å²) in [5.41, 5.74) is -1.04. The van der Waals surface area contributed by atoms with Crippen molar-refractivity contribution in [2.45, 2.75) is 38.6 Å². The molecule has 2 aliphatic rings. The van der Waals surface area contributed by atoms with Crippen LogP contribution in [0, 0.1) is 11.3 Å². The molecule has 0 aromatic rings. The number of carbonyl (C=O) groups excluding carboxylic acids is 1. The fourth-order valence-corrected chi connectivity index (χ4v) is 2.75. The van der Waals surface area contributed by atoms with Crippen molar-refractivity contribution in [3.8, 4) is 0 Å². The largest absolute Gasteiger partial charge is 0.481 e. The topological polar surface area (TPSA) is 87.7 Å². The van der Waals surface area contributed by atoms with Gasteiger partial charge in [0.2, 0.25) is 0 Å². The van der Waals surface area contributed by atoms with E-state index in [0.29, 0.717) is 12.5 Å². The lowest BCUT2D eigenvalue weighted by Crippen LogP contribution is -2.52. The van der Waals surface area contributed by atoms with Gasteiger partial charge in [-0.25, -0.2) is 4.79 Å². The van der Waals surface area contributed by atoms with Gasteiger partial charge in [-0.15, -0.1) is 0 Å². The van der Waals surface area contributed by atoms with Crippen LogP contribution in [0.15, 0.2) is 0 Å². The van der Waals surface area contributed by atoms with Crippen LogP contribution in [0.5, 0.6) is 0 Å². The Morgan fingerprint density at radius 1 is 1.37 bits per heavy atom. The molecule has 2 fully saturated rings. The first-order valence-electron chi connectivity index (χ1n) is 6.88. The molecule has 0 aromatic carbocycles. The number of amides is 2. The first-order chi connectivity index (χ1) is 9.02. The molecule has 19 heavy (non-hydrogen) atoms. The maximum atomic E-state index is 11.8. The maximum Gasteiger partial charge on any atom is 0.315 e. The number of carboxylic acid groups (broad SMARTS) is 1. The number of carbonyl (C=O) groups is 2. The van der Waals surface area contributed by atoms with Gasteiger partial charge in [0.15, 0.2) is 0 Å². The van der Waals surface area contributed by atoms with Gasteiger partial charge in [-0.3, -0.25) is 4.79 Å². The molecule has 6 nitrogen and oxygen atoms in total. The molecule has 0 bridgehead atoms. The Bertz CT molecular complexity index is 355. The van der Waals surface area contributed by atoms with Crippen LogP contribution in [-0.4, -0.2) is 42.9 Å². The second kappa shape index (κ2) is 5.77. The zero-order chi connectivity index (χ0) is 13.9. The molecule has 2 atom stereocenters. The summed E-state index contributed by atoms with van der Waals surface area (Å²) in [7, 11) is 0. The fraction of sp³-hybridized carbons (Fsp3) is 0.846. The number of rotatable bonds is 4. The van der Waals surface area contributed by atoms with Crippen LogP contribution in [0.2, 0.25) is 0 Å². The summed E-state index contributed by atoms with van der Waals surface area (Å²) in [4.78, 5) is 23.0. The predicted molar refractivity (Wildman–Crippen MR) is 68.8 cm³/mol. The highest BCUT2D eigenvalue weighted by molar-refractivity contribution is 5.79. The van der Waals surface area contributed by atoms with Crippen LogP contribution in [0.1, 0.15) is 32.6 Å². The number of carboxylic acids is 1. The highest BCUT2D eigenvalue weighted by atomic mass is 16.5. The minimum atomic E-state index is -1.04. The third kappa shape index (κ3) is 3.18. The molecule has 1 saturated heterocycles. The first kappa shape index (κ1) is 14.1. The Labute approximate surface area is 112 Å². The molecule has 2 unspecified atom stereocenters. The molecule has 0 radical (unpaired) electrons. The van der Waals surface area contributed by atoms with Gasteiger partial charge in [-0.2, -0.15) is 0 Å². The summed E-state index contributed by atoms with van der Waals surface area (Å²) >= 11 is 0. The van der Waals surface area contributed by atoms with Crippen LogP contribution in [-0.2, 0) is 9.53 Å². The standard InChI is InChI=1S/C13H22N2O4/c1-13(11(16)17)8-19-7-10(13)15-12(18)14-6-9-4-2-3-5-9/h9-10H,2-8H2,1H3,(H,16,17)(H2,14,15,18). The Morgan fingerprint density at radius 2 is 2.05 bits per heavy atom. The zero-order valence-corrected chi connectivity index (χ0v) is 11.3. The summed E-state index contributed by atoms with van der Waals surface area (Å²) in [6.45, 7) is 2.66. The van der Waals surface area contributed by atoms with Crippen LogP contribution in [0.25, 0.3) is 0 Å². The molecular weight excluding hydrogens is 248 g/mol. The van der Waals surface area contributed by atoms with E-state index in [9.17, 15) is 14.7 Å². The number of urea groups is 1. The number of aliphatic carboxylic acids is 1. The molecule has 108 valence electrons. The summed E-state index contributed by atoms with van der Waals surface area (Å²) in [6, 6.07) is -0.775. The smallest absolute Gasteiger partial charge is 0.315 e. The van der Waals surface area contributed by atoms with Gasteiger partial charge < -0.3 is 20.5 Å². The Hall–Kier alpha value is -1.30. The van der Waals surface area contributed by atoms with Crippen molar-refractivity contribution in [1.29, 1.82) is 0 Å². The van der Waals surface area contributed by atoms with E-state index in [1.807, 2.05) is 0 Å². The van der Waals surface area contributed by atoms with Crippen LogP contribution in [0.4, 0.5) is 4.79 Å². The Morgan fingerprint density at radius 3 is 2.68 bits per heavy atom. The van der Waals surface area contributed by atoms with Crippen molar-refractivity contribution in [3.63, 3.8) is 0 Å². The molecule has 0 spiro atoms. The lowest BCUT2D eigenvalue weighted by molar-refractivity contribution is -0.148. The van der Waals surface area contributed by atoms with E-state index in [0.717, 1.165) is 0 Å². The summed E-state index contributed by atoms with van der Waals surface area (Å²) in [5, 5.41) is 14.8. The number of ether oxygens (including phenoxy) is 1. The molecule has 6 heteroatoms. The average molecular weight is 270 g/mol. The molecule has 0 aromatic heterocycles. The molecule has 3 N–H and O–H groups in total. The molecule has 1 saturated carbocycles. The zero-order valence-electron chi connectivity index (χ0n) is 11.3. The Balaban J connectivity index is 1.79. The molecule has 1 heterocycles. The van der Waals surface area contributed by atoms with Gasteiger partial charge in [-0.05, 0) is 25.7 Å². The SMILES string of the molecule is CC1(C(=O)O)COCC1NC(=O)NCC1CCCC1. The lowest BCUT2D eigenvalue weighted by Gasteiger charge is -2.25. The normalized spacial score (nSPS) is 31.3. The average Bonchev–Trinajstić information content (AvgIpc) is 2.98. The van der Waals surface area contributed by atoms with Gasteiger partial charge >= 0.3 is 12.0 Å². The second-order valence-electron chi connectivity index (χ2n) is 5.80. The fourth-order valence-electron chi connectivity index (χ4n) is 2.75. The van der Waals surface area contributed by atoms with Crippen molar-refractivity contribution in [2.24, 2.45) is 11.3 Å². The van der Waals surface area contributed by atoms with E-state index in [4.69, 9.17) is 4.74 Å². The number of hydrogen-bond acceptors (Lipinski definition) is 3. The van der Waals surface area contributed by atoms with E-state index < -0.39 is 17.4 Å². The third-order valence-corrected chi connectivity index (χ3v) is 4.28. The van der Waals surface area contributed by atoms with Crippen molar-refractivity contribution in [3.05, 3.63) is 0 Å². The highest BCUT2D eigenvalue weighted by Crippen LogP contribution is 2.28. The number of nitrogens with one attached hydrogen (secondary N) is 2. The van der Waals surface area contributed by atoms with E-state index in [1.54, 1.807) is 6.92 Å². The summed E-state index contributed by atoms with van der Waals surface area (Å²) in [5.74, 6) is -0.373. The molecule has 2 amide bonds. The second-order valence-corrected chi connectivity index (χ2v) is 5.80. The Kier molecular flexibility index (Phi) is 4.29. The van der Waals surface area contributed by atoms with Gasteiger partial charge in [0, 0.05) is 6.54 Å². The lowest BCUT2D eigenvalue weighted by atomic mass is 9.85. The van der Waals surface area contributed by atoms with Gasteiger partial charge in [0.05, 0.1) is 19.3 Å². The van der Waals surface area contributed by atoms with Crippen molar-refractivity contribution in [1.82, 2.24) is 10.6 Å². The quantitative estimate of drug-likeness (QED) is 0.710. The summed E-state index contributed by atoms with van der Waals surface area (Å²) < 4.78 is 5.19. The molecule has 1 aliphatic carbocycles. The van der Waals surface area contributed by atoms with Crippen molar-refractivity contribution >= 4 is 12.0 Å². The van der Waals surface area contributed by atoms with Gasteiger partial charge in [-0.1, -0.05) is 12.8 Å². The highest BCUT2D eigenvalue weighted by Gasteiger charge is 2.47. The number of hydrogen-bond donors (Lipinski definition) is 3. The van der Waals surface area contributed by atoms with E-state index >= 15 is 0 Å². The van der Waals surface area contributed by atoms with Crippen molar-refractivity contribution < 1.29 is 19.4 Å². The monoisotopic (exact) mass is 270 g/mol. The molecule has 2 rings (SSSR count). The first-order valence-corrected chi connectivity index (χ1v) is 6.88. The van der Waals surface area contributed by atoms with Gasteiger partial charge in [0.25, 0.3) is 0 Å². The van der Waals surface area contributed by atoms with Crippen molar-refractivity contribution in [2.75, 3.05) is 19.8 Å². The van der Waals surface area contributed by atoms with E-state index in [-0.39, 0.29) is 19.2 Å². The van der Waals surface area contributed by atoms with Gasteiger partial charge in [0.1, 0.15) is 5.41 Å². The summed E-state index contributed by atoms with van der Waals surface area (Å²) in [6.07, 6.45) is 4.81. The van der Waals surface area contributed by atoms with E-state index in [1.165, 1.54) is 25.7 Å². The van der Waals surface area contributed by atoms with E-state index in [2.05, 4.69) is 10.6 Å². The minimum Gasteiger partial charge on any atom is -0.481 e. The molecule has 1 aliphatic heterocycles. The maximum absolute atomic E-state index is 11.8. The van der Waals surface area contributed by atoms with Crippen LogP contribution < -0.4 is 10.6 Å². The van der Waals surface area contributed by atoms with Crippen LogP contribution >= 0.6 is 0 Å². The van der Waals surface area contributed by atoms with Crippen LogP contribution in [0.3, 0.4) is 0 Å². The molecular formula is C13H22N2O4. The predicted octanol–water partition coefficient (Wildman–Crippen LogP) is 0.965. The third-order valence-electron chi connectivity index (χ3n) is 4.28.